The summed E-state index contributed by atoms with van der Waals surface area (Å²) in [7, 11) is 0. The second kappa shape index (κ2) is 15.2. The highest BCUT2D eigenvalue weighted by atomic mass is 19.1. The van der Waals surface area contributed by atoms with Crippen LogP contribution in [0.3, 0.4) is 0 Å². The zero-order chi connectivity index (χ0) is 33.4. The first-order valence-corrected chi connectivity index (χ1v) is 16.3. The largest absolute Gasteiger partial charge is 0.491 e. The van der Waals surface area contributed by atoms with Crippen molar-refractivity contribution in [3.63, 3.8) is 0 Å². The molecule has 0 aliphatic carbocycles. The van der Waals surface area contributed by atoms with E-state index >= 15 is 4.39 Å². The Morgan fingerprint density at radius 2 is 1.72 bits per heavy atom. The quantitative estimate of drug-likeness (QED) is 0.119. The monoisotopic (exact) mass is 639 g/mol. The van der Waals surface area contributed by atoms with Gasteiger partial charge in [-0.3, -0.25) is 5.32 Å². The average molecular weight is 640 g/mol. The summed E-state index contributed by atoms with van der Waals surface area (Å²) in [5.74, 6) is 0.307. The van der Waals surface area contributed by atoms with Gasteiger partial charge in [0.25, 0.3) is 0 Å². The molecule has 0 fully saturated rings. The van der Waals surface area contributed by atoms with Gasteiger partial charge in [-0.05, 0) is 63.8 Å². The molecule has 2 N–H and O–H groups in total. The molecule has 0 saturated carbocycles. The first kappa shape index (κ1) is 33.6. The minimum Gasteiger partial charge on any atom is -0.491 e. The molecule has 0 spiro atoms. The Balaban J connectivity index is 1.16. The third kappa shape index (κ3) is 9.37. The topological polar surface area (TPSA) is 93.4 Å². The molecule has 1 aliphatic heterocycles. The van der Waals surface area contributed by atoms with E-state index in [1.807, 2.05) is 88.4 Å². The average Bonchev–Trinajstić information content (AvgIpc) is 3.34. The summed E-state index contributed by atoms with van der Waals surface area (Å²) in [5.41, 5.74) is 4.86. The number of amides is 1. The summed E-state index contributed by atoms with van der Waals surface area (Å²) >= 11 is 0. The standard InChI is InChI=1S/C38H43FN4O4/c1-26-14-17-29(18-15-26)33-25-43-35(31(41-33)23-27-12-8-7-9-13-27)42-32(36(43)44)24-28-16-19-34(30(39)22-28)46-21-11-6-5-10-20-40-37(45)47-38(2,3)4/h7-9,12-19,22,25,32H,5-6,10-11,20-21,23-24H2,1-4H3,(H,40,45)/p+1. The van der Waals surface area contributed by atoms with Crippen molar-refractivity contribution in [2.24, 2.45) is 0 Å². The van der Waals surface area contributed by atoms with E-state index in [1.54, 1.807) is 16.8 Å². The van der Waals surface area contributed by atoms with Gasteiger partial charge >= 0.3 is 17.8 Å². The van der Waals surface area contributed by atoms with Gasteiger partial charge in [0, 0.05) is 24.9 Å². The number of fused-ring (bicyclic) bond motifs is 1. The number of anilines is 1. The predicted molar refractivity (Wildman–Crippen MR) is 180 cm³/mol. The molecular weight excluding hydrogens is 595 g/mol. The molecule has 1 atom stereocenters. The van der Waals surface area contributed by atoms with E-state index < -0.39 is 23.6 Å². The molecule has 8 nitrogen and oxygen atoms in total. The van der Waals surface area contributed by atoms with E-state index in [0.717, 1.165) is 53.8 Å². The maximum absolute atomic E-state index is 15.0. The fourth-order valence-electron chi connectivity index (χ4n) is 5.48. The van der Waals surface area contributed by atoms with Crippen LogP contribution in [0, 0.1) is 12.7 Å². The summed E-state index contributed by atoms with van der Waals surface area (Å²) in [5, 5.41) is 6.14. The summed E-state index contributed by atoms with van der Waals surface area (Å²) in [6.07, 6.45) is 5.68. The van der Waals surface area contributed by atoms with Crippen molar-refractivity contribution in [3.05, 3.63) is 107 Å². The van der Waals surface area contributed by atoms with Crippen LogP contribution in [0.25, 0.3) is 11.3 Å². The van der Waals surface area contributed by atoms with E-state index in [2.05, 4.69) is 10.6 Å². The van der Waals surface area contributed by atoms with E-state index in [0.29, 0.717) is 37.4 Å². The molecule has 1 amide bonds. The van der Waals surface area contributed by atoms with Crippen molar-refractivity contribution >= 4 is 17.8 Å². The molecular formula is C38H44FN4O4+. The van der Waals surface area contributed by atoms with Crippen molar-refractivity contribution in [3.8, 4) is 17.0 Å². The van der Waals surface area contributed by atoms with Crippen LogP contribution in [0.2, 0.25) is 0 Å². The van der Waals surface area contributed by atoms with Gasteiger partial charge in [0.05, 0.1) is 6.61 Å². The number of aryl methyl sites for hydroxylation is 1. The Morgan fingerprint density at radius 1 is 0.979 bits per heavy atom. The van der Waals surface area contributed by atoms with Gasteiger partial charge < -0.3 is 14.8 Å². The van der Waals surface area contributed by atoms with Crippen molar-refractivity contribution in [2.45, 2.75) is 77.9 Å². The number of carbonyl (C=O) groups excluding carboxylic acids is 2. The minimum atomic E-state index is -0.560. The van der Waals surface area contributed by atoms with Crippen LogP contribution in [-0.4, -0.2) is 41.8 Å². The van der Waals surface area contributed by atoms with Crippen molar-refractivity contribution in [1.29, 1.82) is 0 Å². The molecule has 2 heterocycles. The Kier molecular flexibility index (Phi) is 10.9. The summed E-state index contributed by atoms with van der Waals surface area (Å²) in [4.78, 5) is 30.4. The Hall–Kier alpha value is -4.79. The number of benzene rings is 3. The first-order valence-electron chi connectivity index (χ1n) is 16.3. The Morgan fingerprint density at radius 3 is 2.45 bits per heavy atom. The van der Waals surface area contributed by atoms with Crippen LogP contribution in [0.1, 0.15) is 73.6 Å². The molecule has 246 valence electrons. The van der Waals surface area contributed by atoms with Gasteiger partial charge in [-0.2, -0.15) is 4.57 Å². The fourth-order valence-corrected chi connectivity index (χ4v) is 5.48. The lowest BCUT2D eigenvalue weighted by molar-refractivity contribution is -0.552. The maximum Gasteiger partial charge on any atom is 0.407 e. The SMILES string of the molecule is Cc1ccc(-c2c[n+]3c(c(Cc4ccccc4)n2)NC(Cc2ccc(OCCCCCCNC(=O)OC(C)(C)C)c(F)c2)C3=O)cc1. The zero-order valence-electron chi connectivity index (χ0n) is 27.6. The number of aromatic nitrogens is 2. The predicted octanol–water partition coefficient (Wildman–Crippen LogP) is 7.22. The third-order valence-corrected chi connectivity index (χ3v) is 7.86. The Bertz CT molecular complexity index is 1690. The van der Waals surface area contributed by atoms with Crippen LogP contribution in [0.5, 0.6) is 5.75 Å². The normalized spacial score (nSPS) is 14.0. The number of hydrogen-bond acceptors (Lipinski definition) is 6. The molecule has 0 saturated heterocycles. The molecule has 47 heavy (non-hydrogen) atoms. The lowest BCUT2D eigenvalue weighted by Gasteiger charge is -2.19. The number of nitrogens with zero attached hydrogens (tertiary/aromatic N) is 2. The summed E-state index contributed by atoms with van der Waals surface area (Å²) in [6, 6.07) is 22.5. The number of unbranched alkanes of at least 4 members (excludes halogenated alkanes) is 3. The summed E-state index contributed by atoms with van der Waals surface area (Å²) < 4.78 is 27.6. The Labute approximate surface area is 276 Å². The number of ether oxygens (including phenoxy) is 2. The molecule has 9 heteroatoms. The maximum atomic E-state index is 15.0. The lowest BCUT2D eigenvalue weighted by Crippen LogP contribution is -2.44. The zero-order valence-corrected chi connectivity index (χ0v) is 27.6. The minimum absolute atomic E-state index is 0.105. The number of nitrogens with one attached hydrogen (secondary N) is 2. The van der Waals surface area contributed by atoms with E-state index in [9.17, 15) is 9.59 Å². The van der Waals surface area contributed by atoms with Crippen LogP contribution in [0.4, 0.5) is 15.0 Å². The van der Waals surface area contributed by atoms with Crippen LogP contribution < -0.4 is 19.9 Å². The fraction of sp³-hybridized carbons (Fsp3) is 0.368. The number of halogens is 1. The van der Waals surface area contributed by atoms with Crippen LogP contribution in [0.15, 0.2) is 79.0 Å². The third-order valence-electron chi connectivity index (χ3n) is 7.86. The van der Waals surface area contributed by atoms with Crippen LogP contribution >= 0.6 is 0 Å². The van der Waals surface area contributed by atoms with Gasteiger partial charge in [-0.1, -0.05) is 79.1 Å². The lowest BCUT2D eigenvalue weighted by atomic mass is 10.1. The molecule has 1 aromatic heterocycles. The van der Waals surface area contributed by atoms with Gasteiger partial charge in [-0.25, -0.2) is 19.0 Å². The number of carbonyl (C=O) groups is 2. The molecule has 0 bridgehead atoms. The van der Waals surface area contributed by atoms with E-state index in [4.69, 9.17) is 14.5 Å². The number of rotatable bonds is 13. The number of hydrogen-bond donors (Lipinski definition) is 2. The highest BCUT2D eigenvalue weighted by Gasteiger charge is 2.41. The van der Waals surface area contributed by atoms with E-state index in [-0.39, 0.29) is 11.7 Å². The van der Waals surface area contributed by atoms with Gasteiger partial charge in [0.1, 0.15) is 23.2 Å². The molecule has 3 aromatic carbocycles. The van der Waals surface area contributed by atoms with E-state index in [1.165, 1.54) is 6.07 Å². The summed E-state index contributed by atoms with van der Waals surface area (Å²) in [6.45, 7) is 8.47. The molecule has 0 radical (unpaired) electrons. The second-order valence-corrected chi connectivity index (χ2v) is 13.0. The molecule has 1 unspecified atom stereocenters. The second-order valence-electron chi connectivity index (χ2n) is 13.0. The van der Waals surface area contributed by atoms with Crippen molar-refractivity contribution < 1.29 is 28.0 Å². The van der Waals surface area contributed by atoms with Crippen LogP contribution in [-0.2, 0) is 17.6 Å². The first-order chi connectivity index (χ1) is 22.6. The number of alkyl carbamates (subject to hydrolysis) is 1. The molecule has 5 rings (SSSR count). The van der Waals surface area contributed by atoms with Gasteiger partial charge in [-0.15, -0.1) is 0 Å². The molecule has 1 aliphatic rings. The van der Waals surface area contributed by atoms with Crippen molar-refractivity contribution in [1.82, 2.24) is 10.3 Å². The van der Waals surface area contributed by atoms with Crippen molar-refractivity contribution in [2.75, 3.05) is 18.5 Å². The highest BCUT2D eigenvalue weighted by Crippen LogP contribution is 2.26. The van der Waals surface area contributed by atoms with Gasteiger partial charge in [0.15, 0.2) is 17.6 Å². The highest BCUT2D eigenvalue weighted by molar-refractivity contribution is 5.82. The molecule has 4 aromatic rings. The van der Waals surface area contributed by atoms with Gasteiger partial charge in [0.2, 0.25) is 0 Å². The smallest absolute Gasteiger partial charge is 0.407 e.